The normalized spacial score (nSPS) is 21.2. The molecular weight excluding hydrogens is 398 g/mol. The monoisotopic (exact) mass is 423 g/mol. The van der Waals surface area contributed by atoms with E-state index in [0.717, 1.165) is 22.7 Å². The van der Waals surface area contributed by atoms with Crippen molar-refractivity contribution in [1.82, 2.24) is 14.2 Å². The number of fused-ring (bicyclic) bond motifs is 4. The quantitative estimate of drug-likeness (QED) is 0.711. The minimum Gasteiger partial charge on any atom is -0.497 e. The predicted octanol–water partition coefficient (Wildman–Crippen LogP) is 0.212. The molecule has 1 fully saturated rings. The zero-order valence-corrected chi connectivity index (χ0v) is 17.5. The molecule has 9 nitrogen and oxygen atoms in total. The number of aliphatic hydroxyl groups is 1. The Bertz CT molecular complexity index is 1060. The number of sulfonamides is 1. The summed E-state index contributed by atoms with van der Waals surface area (Å²) in [5.74, 6) is 0.549. The van der Waals surface area contributed by atoms with E-state index in [0.29, 0.717) is 24.5 Å². The molecule has 1 aromatic heterocycles. The van der Waals surface area contributed by atoms with Gasteiger partial charge in [0.05, 0.1) is 26.0 Å². The van der Waals surface area contributed by atoms with Gasteiger partial charge in [-0.15, -0.1) is 0 Å². The number of amides is 1. The second kappa shape index (κ2) is 6.98. The fourth-order valence-electron chi connectivity index (χ4n) is 4.64. The van der Waals surface area contributed by atoms with Gasteiger partial charge in [-0.3, -0.25) is 4.79 Å². The Morgan fingerprint density at radius 1 is 1.31 bits per heavy atom. The first-order valence-electron chi connectivity index (χ1n) is 9.28. The van der Waals surface area contributed by atoms with Crippen molar-refractivity contribution < 1.29 is 27.8 Å². The third-order valence-corrected chi connectivity index (χ3v) is 7.15. The van der Waals surface area contributed by atoms with Crippen LogP contribution in [0.3, 0.4) is 0 Å². The largest absolute Gasteiger partial charge is 0.497 e. The average molecular weight is 423 g/mol. The smallest absolute Gasteiger partial charge is 0.248 e. The minimum atomic E-state index is -3.57. The number of benzene rings is 1. The van der Waals surface area contributed by atoms with Crippen molar-refractivity contribution in [3.05, 3.63) is 29.5 Å². The van der Waals surface area contributed by atoms with Crippen LogP contribution in [0.15, 0.2) is 18.2 Å². The Balaban J connectivity index is 1.86. The highest BCUT2D eigenvalue weighted by molar-refractivity contribution is 7.88. The Kier molecular flexibility index (Phi) is 4.85. The number of aliphatic hydroxyl groups excluding tert-OH is 1. The van der Waals surface area contributed by atoms with Crippen LogP contribution in [-0.2, 0) is 25.0 Å². The lowest BCUT2D eigenvalue weighted by molar-refractivity contribution is -0.144. The van der Waals surface area contributed by atoms with Crippen LogP contribution in [0.1, 0.15) is 17.3 Å². The molecule has 2 aliphatic rings. The van der Waals surface area contributed by atoms with Crippen LogP contribution in [0.5, 0.6) is 5.75 Å². The van der Waals surface area contributed by atoms with Crippen molar-refractivity contribution >= 4 is 26.8 Å². The van der Waals surface area contributed by atoms with E-state index < -0.39 is 21.5 Å². The highest BCUT2D eigenvalue weighted by Crippen LogP contribution is 2.49. The van der Waals surface area contributed by atoms with E-state index in [1.165, 1.54) is 11.4 Å². The van der Waals surface area contributed by atoms with E-state index in [-0.39, 0.29) is 25.7 Å². The molecule has 2 N–H and O–H groups in total. The molecule has 29 heavy (non-hydrogen) atoms. The van der Waals surface area contributed by atoms with Gasteiger partial charge in [-0.25, -0.2) is 8.42 Å². The molecule has 1 aromatic carbocycles. The molecular formula is C19H25N3O6S. The second-order valence-corrected chi connectivity index (χ2v) is 9.73. The van der Waals surface area contributed by atoms with Crippen molar-refractivity contribution in [2.45, 2.75) is 11.5 Å². The molecule has 0 saturated carbocycles. The van der Waals surface area contributed by atoms with Crippen LogP contribution in [-0.4, -0.2) is 86.9 Å². The van der Waals surface area contributed by atoms with E-state index in [1.54, 1.807) is 12.0 Å². The summed E-state index contributed by atoms with van der Waals surface area (Å²) < 4.78 is 36.6. The number of carbonyl (C=O) groups excluding carboxylic acids is 1. The molecule has 1 saturated heterocycles. The van der Waals surface area contributed by atoms with Crippen molar-refractivity contribution in [2.24, 2.45) is 0 Å². The number of aromatic nitrogens is 1. The first-order chi connectivity index (χ1) is 13.7. The van der Waals surface area contributed by atoms with Gasteiger partial charge in [0.2, 0.25) is 15.9 Å². The number of nitrogens with one attached hydrogen (secondary N) is 1. The molecule has 158 valence electrons. The molecule has 0 unspecified atom stereocenters. The third kappa shape index (κ3) is 3.10. The number of likely N-dealkylation sites (tertiary alicyclic amines) is 1. The average Bonchev–Trinajstić information content (AvgIpc) is 3.03. The van der Waals surface area contributed by atoms with Gasteiger partial charge in [0.25, 0.3) is 0 Å². The van der Waals surface area contributed by atoms with Gasteiger partial charge in [-0.1, -0.05) is 0 Å². The molecule has 1 amide bonds. The third-order valence-electron chi connectivity index (χ3n) is 5.91. The molecule has 1 atom stereocenters. The lowest BCUT2D eigenvalue weighted by Crippen LogP contribution is -2.68. The number of hydrogen-bond donors (Lipinski definition) is 2. The topological polar surface area (TPSA) is 112 Å². The summed E-state index contributed by atoms with van der Waals surface area (Å²) in [7, 11) is -0.524. The highest BCUT2D eigenvalue weighted by atomic mass is 32.2. The molecule has 4 rings (SSSR count). The van der Waals surface area contributed by atoms with Gasteiger partial charge >= 0.3 is 0 Å². The molecule has 0 bridgehead atoms. The second-order valence-electron chi connectivity index (χ2n) is 7.79. The van der Waals surface area contributed by atoms with Gasteiger partial charge < -0.3 is 24.5 Å². The first kappa shape index (κ1) is 20.1. The number of aromatic amines is 1. The van der Waals surface area contributed by atoms with E-state index in [9.17, 15) is 18.3 Å². The van der Waals surface area contributed by atoms with Gasteiger partial charge in [-0.05, 0) is 17.7 Å². The zero-order valence-electron chi connectivity index (χ0n) is 16.6. The number of ether oxygens (including phenoxy) is 2. The minimum absolute atomic E-state index is 0.0108. The number of rotatable bonds is 5. The van der Waals surface area contributed by atoms with Gasteiger partial charge in [0.1, 0.15) is 12.4 Å². The van der Waals surface area contributed by atoms with Crippen LogP contribution < -0.4 is 4.74 Å². The molecule has 0 aliphatic carbocycles. The zero-order chi connectivity index (χ0) is 21.0. The van der Waals surface area contributed by atoms with Crippen molar-refractivity contribution in [3.8, 4) is 5.75 Å². The van der Waals surface area contributed by atoms with Gasteiger partial charge in [0.15, 0.2) is 0 Å². The summed E-state index contributed by atoms with van der Waals surface area (Å²) in [6.07, 6.45) is 1.15. The Morgan fingerprint density at radius 2 is 2.03 bits per heavy atom. The number of nitrogens with zero attached hydrogens (tertiary/aromatic N) is 2. The summed E-state index contributed by atoms with van der Waals surface area (Å²) in [6.45, 7) is 0.645. The first-order valence-corrected chi connectivity index (χ1v) is 11.1. The number of carbonyl (C=O) groups is 1. The van der Waals surface area contributed by atoms with Gasteiger partial charge in [0, 0.05) is 54.8 Å². The maximum Gasteiger partial charge on any atom is 0.248 e. The van der Waals surface area contributed by atoms with Crippen molar-refractivity contribution in [2.75, 3.05) is 53.3 Å². The number of hydrogen-bond acceptors (Lipinski definition) is 6. The molecule has 3 heterocycles. The molecule has 0 radical (unpaired) electrons. The lowest BCUT2D eigenvalue weighted by atomic mass is 9.69. The molecule has 2 aromatic rings. The van der Waals surface area contributed by atoms with E-state index in [1.807, 2.05) is 18.2 Å². The molecule has 10 heteroatoms. The molecule has 2 aliphatic heterocycles. The summed E-state index contributed by atoms with van der Waals surface area (Å²) >= 11 is 0. The SMILES string of the molecule is COCC(=O)N1CC2(C1)CN(S(C)(=O)=O)[C@@H](CO)c1[nH]c3cc(OC)ccc3c12. The lowest BCUT2D eigenvalue weighted by Gasteiger charge is -2.55. The number of H-pyrrole nitrogens is 1. The predicted molar refractivity (Wildman–Crippen MR) is 106 cm³/mol. The fraction of sp³-hybridized carbons (Fsp3) is 0.526. The summed E-state index contributed by atoms with van der Waals surface area (Å²) in [4.78, 5) is 17.2. The van der Waals surface area contributed by atoms with Crippen LogP contribution in [0.2, 0.25) is 0 Å². The van der Waals surface area contributed by atoms with Crippen molar-refractivity contribution in [3.63, 3.8) is 0 Å². The maximum atomic E-state index is 12.5. The Labute approximate surface area is 169 Å². The van der Waals surface area contributed by atoms with Crippen LogP contribution in [0.25, 0.3) is 10.9 Å². The fourth-order valence-corrected chi connectivity index (χ4v) is 5.76. The number of methoxy groups -OCH3 is 2. The Morgan fingerprint density at radius 3 is 2.62 bits per heavy atom. The van der Waals surface area contributed by atoms with E-state index >= 15 is 0 Å². The van der Waals surface area contributed by atoms with Gasteiger partial charge in [-0.2, -0.15) is 4.31 Å². The van der Waals surface area contributed by atoms with Crippen LogP contribution in [0.4, 0.5) is 0 Å². The van der Waals surface area contributed by atoms with E-state index in [4.69, 9.17) is 9.47 Å². The highest BCUT2D eigenvalue weighted by Gasteiger charge is 2.55. The summed E-state index contributed by atoms with van der Waals surface area (Å²) in [6, 6.07) is 4.95. The van der Waals surface area contributed by atoms with Crippen LogP contribution >= 0.6 is 0 Å². The summed E-state index contributed by atoms with van der Waals surface area (Å²) in [5, 5.41) is 11.0. The Hall–Kier alpha value is -2.14. The van der Waals surface area contributed by atoms with Crippen LogP contribution in [0, 0.1) is 0 Å². The standard InChI is InChI=1S/C19H25N3O6S/c1-27-8-16(24)21-9-19(10-21)11-22(29(3,25)26)15(7-23)18-17(19)13-5-4-12(28-2)6-14(13)20-18/h4-6,15,20,23H,7-11H2,1-3H3/t15-/m0/s1. The maximum absolute atomic E-state index is 12.5. The molecule has 1 spiro atoms. The van der Waals surface area contributed by atoms with E-state index in [2.05, 4.69) is 4.98 Å². The summed E-state index contributed by atoms with van der Waals surface area (Å²) in [5.41, 5.74) is 1.91. The van der Waals surface area contributed by atoms with Crippen molar-refractivity contribution in [1.29, 1.82) is 0 Å².